The van der Waals surface area contributed by atoms with E-state index in [1.807, 2.05) is 0 Å². The van der Waals surface area contributed by atoms with Crippen LogP contribution in [0.5, 0.6) is 0 Å². The average molecular weight is 317 g/mol. The second-order valence-electron chi connectivity index (χ2n) is 7.36. The molecule has 0 radical (unpaired) electrons. The van der Waals surface area contributed by atoms with E-state index in [-0.39, 0.29) is 0 Å². The maximum absolute atomic E-state index is 2.48. The van der Waals surface area contributed by atoms with Gasteiger partial charge in [0.15, 0.2) is 0 Å². The van der Waals surface area contributed by atoms with Gasteiger partial charge in [-0.3, -0.25) is 0 Å². The lowest BCUT2D eigenvalue weighted by Crippen LogP contribution is -1.93. The third-order valence-electron chi connectivity index (χ3n) is 4.83. The van der Waals surface area contributed by atoms with Gasteiger partial charge in [-0.1, -0.05) is 102 Å². The zero-order chi connectivity index (χ0) is 16.8. The first kappa shape index (κ1) is 20.3. The van der Waals surface area contributed by atoms with Gasteiger partial charge < -0.3 is 0 Å². The highest BCUT2D eigenvalue weighted by molar-refractivity contribution is 5.29. The van der Waals surface area contributed by atoms with Crippen LogP contribution in [0.3, 0.4) is 0 Å². The zero-order valence-electron chi connectivity index (χ0n) is 16.1. The molecule has 0 fully saturated rings. The van der Waals surface area contributed by atoms with E-state index < -0.39 is 0 Å². The summed E-state index contributed by atoms with van der Waals surface area (Å²) in [6.07, 6.45) is 19.3. The van der Waals surface area contributed by atoms with Crippen LogP contribution in [0.25, 0.3) is 0 Å². The van der Waals surface area contributed by atoms with E-state index in [9.17, 15) is 0 Å². The van der Waals surface area contributed by atoms with Crippen LogP contribution in [-0.4, -0.2) is 0 Å². The molecular formula is C23H40. The molecule has 0 unspecified atom stereocenters. The summed E-state index contributed by atoms with van der Waals surface area (Å²) < 4.78 is 0. The third kappa shape index (κ3) is 10.6. The maximum Gasteiger partial charge on any atom is -0.0279 e. The summed E-state index contributed by atoms with van der Waals surface area (Å²) in [6, 6.07) is 7.28. The van der Waals surface area contributed by atoms with Gasteiger partial charge in [-0.05, 0) is 43.7 Å². The molecule has 132 valence electrons. The van der Waals surface area contributed by atoms with Crippen LogP contribution in [0.15, 0.2) is 18.2 Å². The van der Waals surface area contributed by atoms with Gasteiger partial charge in [0.25, 0.3) is 0 Å². The second-order valence-corrected chi connectivity index (χ2v) is 7.36. The summed E-state index contributed by atoms with van der Waals surface area (Å²) >= 11 is 0. The van der Waals surface area contributed by atoms with Gasteiger partial charge in [0.2, 0.25) is 0 Å². The van der Waals surface area contributed by atoms with Crippen molar-refractivity contribution in [3.05, 3.63) is 34.9 Å². The molecule has 0 nitrogen and oxygen atoms in total. The maximum atomic E-state index is 2.48. The monoisotopic (exact) mass is 316 g/mol. The van der Waals surface area contributed by atoms with Crippen LogP contribution >= 0.6 is 0 Å². The van der Waals surface area contributed by atoms with Crippen LogP contribution in [0, 0.1) is 6.92 Å². The molecule has 0 aliphatic carbocycles. The van der Waals surface area contributed by atoms with E-state index in [0.717, 1.165) is 0 Å². The van der Waals surface area contributed by atoms with Crippen LogP contribution < -0.4 is 0 Å². The first-order valence-corrected chi connectivity index (χ1v) is 10.4. The van der Waals surface area contributed by atoms with Crippen molar-refractivity contribution in [2.24, 2.45) is 0 Å². The van der Waals surface area contributed by atoms with Gasteiger partial charge in [-0.15, -0.1) is 0 Å². The summed E-state index contributed by atoms with van der Waals surface area (Å²) in [5, 5.41) is 0. The number of hydrogen-bond acceptors (Lipinski definition) is 0. The summed E-state index contributed by atoms with van der Waals surface area (Å²) in [4.78, 5) is 0. The van der Waals surface area contributed by atoms with Crippen molar-refractivity contribution < 1.29 is 0 Å². The highest BCUT2D eigenvalue weighted by Crippen LogP contribution is 2.16. The van der Waals surface area contributed by atoms with Gasteiger partial charge >= 0.3 is 0 Å². The second kappa shape index (κ2) is 13.6. The Morgan fingerprint density at radius 3 is 1.35 bits per heavy atom. The molecule has 0 aliphatic heterocycles. The molecule has 1 aromatic rings. The topological polar surface area (TPSA) is 0 Å². The van der Waals surface area contributed by atoms with Gasteiger partial charge in [0, 0.05) is 0 Å². The van der Waals surface area contributed by atoms with Crippen molar-refractivity contribution in [2.75, 3.05) is 0 Å². The summed E-state index contributed by atoms with van der Waals surface area (Å²) in [5.41, 5.74) is 4.59. The average Bonchev–Trinajstić information content (AvgIpc) is 2.53. The molecule has 0 heterocycles. The first-order valence-electron chi connectivity index (χ1n) is 10.4. The molecule has 0 saturated heterocycles. The Morgan fingerprint density at radius 2 is 0.913 bits per heavy atom. The molecular weight excluding hydrogens is 276 g/mol. The lowest BCUT2D eigenvalue weighted by Gasteiger charge is -2.08. The van der Waals surface area contributed by atoms with Crippen LogP contribution in [-0.2, 0) is 12.8 Å². The normalized spacial score (nSPS) is 11.1. The van der Waals surface area contributed by atoms with Crippen LogP contribution in [0.4, 0.5) is 0 Å². The summed E-state index contributed by atoms with van der Waals surface area (Å²) in [5.74, 6) is 0. The molecule has 1 rings (SSSR count). The predicted octanol–water partition coefficient (Wildman–Crippen LogP) is 7.80. The van der Waals surface area contributed by atoms with E-state index in [0.29, 0.717) is 0 Å². The quantitative estimate of drug-likeness (QED) is 0.307. The minimum Gasteiger partial charge on any atom is -0.0654 e. The molecule has 0 N–H and O–H groups in total. The van der Waals surface area contributed by atoms with Gasteiger partial charge in [-0.2, -0.15) is 0 Å². The molecule has 1 aromatic carbocycles. The fourth-order valence-corrected chi connectivity index (χ4v) is 3.46. The Morgan fingerprint density at radius 1 is 0.522 bits per heavy atom. The largest absolute Gasteiger partial charge is 0.0654 e. The Kier molecular flexibility index (Phi) is 12.0. The lowest BCUT2D eigenvalue weighted by atomic mass is 9.98. The number of hydrogen-bond donors (Lipinski definition) is 0. The standard InChI is InChI=1S/C23H40/c1-4-6-8-10-12-14-16-22-18-21(3)19-23(20-22)17-15-13-11-9-7-5-2/h18-20H,4-17H2,1-3H3. The fourth-order valence-electron chi connectivity index (χ4n) is 3.46. The summed E-state index contributed by atoms with van der Waals surface area (Å²) in [6.45, 7) is 6.84. The predicted molar refractivity (Wildman–Crippen MR) is 105 cm³/mol. The molecule has 0 saturated carbocycles. The van der Waals surface area contributed by atoms with E-state index in [1.165, 1.54) is 95.5 Å². The first-order chi connectivity index (χ1) is 11.3. The molecule has 0 atom stereocenters. The van der Waals surface area contributed by atoms with E-state index in [2.05, 4.69) is 39.0 Å². The van der Waals surface area contributed by atoms with Crippen molar-refractivity contribution in [1.29, 1.82) is 0 Å². The molecule has 0 bridgehead atoms. The number of aryl methyl sites for hydroxylation is 3. The van der Waals surface area contributed by atoms with Crippen molar-refractivity contribution in [1.82, 2.24) is 0 Å². The fraction of sp³-hybridized carbons (Fsp3) is 0.739. The van der Waals surface area contributed by atoms with E-state index >= 15 is 0 Å². The van der Waals surface area contributed by atoms with Crippen LogP contribution in [0.1, 0.15) is 108 Å². The van der Waals surface area contributed by atoms with Crippen molar-refractivity contribution >= 4 is 0 Å². The SMILES string of the molecule is CCCCCCCCc1cc(C)cc(CCCCCCCC)c1. The highest BCUT2D eigenvalue weighted by atomic mass is 14.1. The Bertz CT molecular complexity index is 357. The molecule has 0 spiro atoms. The third-order valence-corrected chi connectivity index (χ3v) is 4.83. The molecule has 0 aliphatic rings. The Hall–Kier alpha value is -0.780. The van der Waals surface area contributed by atoms with Crippen molar-refractivity contribution in [3.8, 4) is 0 Å². The summed E-state index contributed by atoms with van der Waals surface area (Å²) in [7, 11) is 0. The Labute approximate surface area is 146 Å². The van der Waals surface area contributed by atoms with Crippen molar-refractivity contribution in [3.63, 3.8) is 0 Å². The molecule has 23 heavy (non-hydrogen) atoms. The number of unbranched alkanes of at least 4 members (excludes halogenated alkanes) is 10. The molecule has 0 amide bonds. The number of rotatable bonds is 14. The van der Waals surface area contributed by atoms with Crippen LogP contribution in [0.2, 0.25) is 0 Å². The zero-order valence-corrected chi connectivity index (χ0v) is 16.1. The lowest BCUT2D eigenvalue weighted by molar-refractivity contribution is 0.604. The Balaban J connectivity index is 2.25. The van der Waals surface area contributed by atoms with E-state index in [4.69, 9.17) is 0 Å². The smallest absolute Gasteiger partial charge is 0.0279 e. The van der Waals surface area contributed by atoms with E-state index in [1.54, 1.807) is 11.1 Å². The minimum atomic E-state index is 1.28. The molecule has 0 aromatic heterocycles. The van der Waals surface area contributed by atoms with Crippen molar-refractivity contribution in [2.45, 2.75) is 111 Å². The van der Waals surface area contributed by atoms with Gasteiger partial charge in [-0.25, -0.2) is 0 Å². The minimum absolute atomic E-state index is 1.28. The van der Waals surface area contributed by atoms with Gasteiger partial charge in [0.1, 0.15) is 0 Å². The molecule has 0 heteroatoms. The number of benzene rings is 1. The van der Waals surface area contributed by atoms with Gasteiger partial charge in [0.05, 0.1) is 0 Å². The highest BCUT2D eigenvalue weighted by Gasteiger charge is 2.00.